The number of nitrogens with zero attached hydrogens (tertiary/aromatic N) is 2. The highest BCUT2D eigenvalue weighted by molar-refractivity contribution is 8.13. The van der Waals surface area contributed by atoms with E-state index in [1.54, 1.807) is 37.3 Å². The highest BCUT2D eigenvalue weighted by atomic mass is 32.2. The first-order valence-electron chi connectivity index (χ1n) is 8.20. The zero-order valence-electron chi connectivity index (χ0n) is 14.3. The zero-order chi connectivity index (χ0) is 17.4. The molecule has 2 aliphatic rings. The standard InChI is InChI=1S/C18H21N2O3S2/c1-22-13-6-7-15(23-2)14(11-13)19-12-18(21,16-5-3-9-24-16)20-8-4-10-25-17(19)20/h3,5-7,9,11,21H,4,8,10,12H2,1-2H3/q+1/t18-/m1/s1. The summed E-state index contributed by atoms with van der Waals surface area (Å²) in [5.74, 6) is 2.60. The lowest BCUT2D eigenvalue weighted by molar-refractivity contribution is -0.655. The van der Waals surface area contributed by atoms with Crippen LogP contribution in [0.1, 0.15) is 11.3 Å². The van der Waals surface area contributed by atoms with Gasteiger partial charge in [0.1, 0.15) is 5.75 Å². The van der Waals surface area contributed by atoms with Gasteiger partial charge in [0.2, 0.25) is 0 Å². The minimum absolute atomic E-state index is 0.472. The van der Waals surface area contributed by atoms with Crippen molar-refractivity contribution in [3.63, 3.8) is 0 Å². The number of β-amino-alcohol motifs (C(OH)–C–C–N with tert-alkyl or cyclic N) is 1. The van der Waals surface area contributed by atoms with E-state index in [0.29, 0.717) is 6.54 Å². The molecule has 0 fully saturated rings. The monoisotopic (exact) mass is 377 g/mol. The molecule has 0 saturated carbocycles. The first kappa shape index (κ1) is 16.8. The fourth-order valence-electron chi connectivity index (χ4n) is 3.41. The van der Waals surface area contributed by atoms with Gasteiger partial charge in [-0.05, 0) is 41.8 Å². The Labute approximate surface area is 155 Å². The third kappa shape index (κ3) is 2.70. The average Bonchev–Trinajstić information content (AvgIpc) is 3.29. The lowest BCUT2D eigenvalue weighted by Crippen LogP contribution is -2.40. The van der Waals surface area contributed by atoms with Crippen molar-refractivity contribution in [3.8, 4) is 11.5 Å². The minimum Gasteiger partial charge on any atom is -0.497 e. The number of aliphatic hydroxyl groups is 1. The predicted molar refractivity (Wildman–Crippen MR) is 102 cm³/mol. The van der Waals surface area contributed by atoms with Crippen molar-refractivity contribution >= 4 is 34.0 Å². The third-order valence-electron chi connectivity index (χ3n) is 4.64. The van der Waals surface area contributed by atoms with Gasteiger partial charge in [-0.1, -0.05) is 6.07 Å². The van der Waals surface area contributed by atoms with Crippen molar-refractivity contribution in [2.45, 2.75) is 12.1 Å². The Morgan fingerprint density at radius 3 is 2.84 bits per heavy atom. The van der Waals surface area contributed by atoms with Crippen molar-refractivity contribution in [2.24, 2.45) is 0 Å². The number of hydrogen-bond acceptors (Lipinski definition) is 6. The molecule has 0 unspecified atom stereocenters. The predicted octanol–water partition coefficient (Wildman–Crippen LogP) is 2.94. The molecule has 132 valence electrons. The van der Waals surface area contributed by atoms with E-state index in [1.165, 1.54) is 0 Å². The van der Waals surface area contributed by atoms with Gasteiger partial charge in [0, 0.05) is 11.8 Å². The molecule has 2 aliphatic heterocycles. The van der Waals surface area contributed by atoms with Crippen molar-refractivity contribution in [2.75, 3.05) is 38.0 Å². The second-order valence-corrected chi connectivity index (χ2v) is 8.06. The quantitative estimate of drug-likeness (QED) is 0.830. The van der Waals surface area contributed by atoms with Crippen molar-refractivity contribution in [1.82, 2.24) is 0 Å². The van der Waals surface area contributed by atoms with E-state index in [0.717, 1.165) is 45.9 Å². The van der Waals surface area contributed by atoms with Crippen molar-refractivity contribution in [3.05, 3.63) is 40.6 Å². The second kappa shape index (κ2) is 6.55. The van der Waals surface area contributed by atoms with Crippen LogP contribution in [0.3, 0.4) is 0 Å². The number of anilines is 1. The first-order chi connectivity index (χ1) is 12.2. The summed E-state index contributed by atoms with van der Waals surface area (Å²) >= 11 is 3.38. The van der Waals surface area contributed by atoms with Crippen LogP contribution in [-0.4, -0.2) is 47.9 Å². The van der Waals surface area contributed by atoms with Gasteiger partial charge in [-0.2, -0.15) is 0 Å². The molecule has 7 heteroatoms. The molecule has 0 amide bonds. The van der Waals surface area contributed by atoms with Crippen LogP contribution < -0.4 is 14.4 Å². The van der Waals surface area contributed by atoms with Crippen LogP contribution in [0.15, 0.2) is 35.7 Å². The molecule has 0 radical (unpaired) electrons. The van der Waals surface area contributed by atoms with Gasteiger partial charge in [-0.3, -0.25) is 0 Å². The van der Waals surface area contributed by atoms with E-state index in [2.05, 4.69) is 9.48 Å². The molecule has 2 aromatic rings. The summed E-state index contributed by atoms with van der Waals surface area (Å²) in [5, 5.41) is 14.6. The van der Waals surface area contributed by atoms with E-state index in [4.69, 9.17) is 9.47 Å². The van der Waals surface area contributed by atoms with Crippen LogP contribution in [-0.2, 0) is 5.72 Å². The van der Waals surface area contributed by atoms with E-state index in [9.17, 15) is 5.11 Å². The van der Waals surface area contributed by atoms with Crippen LogP contribution in [0.4, 0.5) is 5.69 Å². The Bertz CT molecular complexity index is 807. The minimum atomic E-state index is -1.01. The zero-order valence-corrected chi connectivity index (χ0v) is 15.9. The number of ether oxygens (including phenoxy) is 2. The molecule has 1 N–H and O–H groups in total. The maximum Gasteiger partial charge on any atom is 0.316 e. The van der Waals surface area contributed by atoms with E-state index in [1.807, 2.05) is 35.7 Å². The third-order valence-corrected chi connectivity index (χ3v) is 6.84. The van der Waals surface area contributed by atoms with Crippen molar-refractivity contribution in [1.29, 1.82) is 0 Å². The smallest absolute Gasteiger partial charge is 0.316 e. The molecule has 0 aliphatic carbocycles. The number of hydrogen-bond donors (Lipinski definition) is 1. The van der Waals surface area contributed by atoms with E-state index >= 15 is 0 Å². The number of thioether (sulfide) groups is 1. The van der Waals surface area contributed by atoms with Crippen LogP contribution in [0, 0.1) is 0 Å². The first-order valence-corrected chi connectivity index (χ1v) is 10.1. The summed E-state index contributed by atoms with van der Waals surface area (Å²) in [6.45, 7) is 1.32. The normalized spacial score (nSPS) is 22.9. The highest BCUT2D eigenvalue weighted by Crippen LogP contribution is 2.42. The molecule has 0 bridgehead atoms. The summed E-state index contributed by atoms with van der Waals surface area (Å²) in [4.78, 5) is 3.13. The van der Waals surface area contributed by atoms with Gasteiger partial charge >= 0.3 is 5.17 Å². The summed E-state index contributed by atoms with van der Waals surface area (Å²) < 4.78 is 13.1. The molecule has 1 atom stereocenters. The summed E-state index contributed by atoms with van der Waals surface area (Å²) in [6, 6.07) is 9.77. The average molecular weight is 378 g/mol. The Kier molecular flexibility index (Phi) is 4.39. The summed E-state index contributed by atoms with van der Waals surface area (Å²) in [7, 11) is 3.33. The Balaban J connectivity index is 1.83. The van der Waals surface area contributed by atoms with Gasteiger partial charge in [0.15, 0.2) is 18.0 Å². The lowest BCUT2D eigenvalue weighted by Gasteiger charge is -2.22. The molecule has 4 rings (SSSR count). The Morgan fingerprint density at radius 1 is 1.24 bits per heavy atom. The fourth-order valence-corrected chi connectivity index (χ4v) is 5.41. The molecule has 5 nitrogen and oxygen atoms in total. The van der Waals surface area contributed by atoms with Gasteiger partial charge in [0.05, 0.1) is 25.6 Å². The molecule has 1 aromatic carbocycles. The van der Waals surface area contributed by atoms with Crippen LogP contribution in [0.5, 0.6) is 11.5 Å². The topological polar surface area (TPSA) is 44.9 Å². The van der Waals surface area contributed by atoms with Crippen LogP contribution >= 0.6 is 23.1 Å². The fraction of sp³-hybridized carbons (Fsp3) is 0.389. The maximum atomic E-state index is 11.6. The SMILES string of the molecule is COc1ccc(OC)c(N2C[C@@](O)(c3cccs3)[N+]3=C2SCCC3)c1. The Morgan fingerprint density at radius 2 is 2.12 bits per heavy atom. The number of thiophene rings is 1. The maximum absolute atomic E-state index is 11.6. The molecular weight excluding hydrogens is 356 g/mol. The molecular formula is C18H21N2O3S2+. The van der Waals surface area contributed by atoms with Gasteiger partial charge in [-0.15, -0.1) is 11.3 Å². The number of benzene rings is 1. The highest BCUT2D eigenvalue weighted by Gasteiger charge is 2.54. The van der Waals surface area contributed by atoms with Gasteiger partial charge < -0.3 is 14.6 Å². The largest absolute Gasteiger partial charge is 0.497 e. The second-order valence-electron chi connectivity index (χ2n) is 6.05. The van der Waals surface area contributed by atoms with Crippen LogP contribution in [0.2, 0.25) is 0 Å². The van der Waals surface area contributed by atoms with E-state index < -0.39 is 5.72 Å². The summed E-state index contributed by atoms with van der Waals surface area (Å²) in [5.41, 5.74) is -0.0888. The number of rotatable bonds is 4. The molecule has 25 heavy (non-hydrogen) atoms. The summed E-state index contributed by atoms with van der Waals surface area (Å²) in [6.07, 6.45) is 1.06. The molecule has 0 saturated heterocycles. The number of amidine groups is 1. The molecule has 1 aromatic heterocycles. The van der Waals surface area contributed by atoms with E-state index in [-0.39, 0.29) is 0 Å². The van der Waals surface area contributed by atoms with Crippen LogP contribution in [0.25, 0.3) is 0 Å². The van der Waals surface area contributed by atoms with Gasteiger partial charge in [-0.25, -0.2) is 9.48 Å². The van der Waals surface area contributed by atoms with Gasteiger partial charge in [0.25, 0.3) is 5.72 Å². The molecule has 3 heterocycles. The Hall–Kier alpha value is -1.70. The number of methoxy groups -OCH3 is 2. The molecule has 0 spiro atoms. The lowest BCUT2D eigenvalue weighted by atomic mass is 10.1. The van der Waals surface area contributed by atoms with Crippen molar-refractivity contribution < 1.29 is 19.2 Å².